The summed E-state index contributed by atoms with van der Waals surface area (Å²) < 4.78 is 10.2. The molecule has 0 fully saturated rings. The van der Waals surface area contributed by atoms with Crippen molar-refractivity contribution in [2.24, 2.45) is 0 Å². The number of carbonyl (C=O) groups excluding carboxylic acids is 4. The third kappa shape index (κ3) is 6.76. The summed E-state index contributed by atoms with van der Waals surface area (Å²) in [6.45, 7) is 2.03. The van der Waals surface area contributed by atoms with E-state index < -0.39 is 18.4 Å². The van der Waals surface area contributed by atoms with Crippen LogP contribution in [0, 0.1) is 0 Å². The molecule has 1 N–H and O–H groups in total. The lowest BCUT2D eigenvalue weighted by Gasteiger charge is -2.10. The molecule has 0 spiro atoms. The first-order valence-electron chi connectivity index (χ1n) is 8.68. The molecule has 2 aromatic rings. The van der Waals surface area contributed by atoms with Crippen molar-refractivity contribution in [3.63, 3.8) is 0 Å². The predicted octanol–water partition coefficient (Wildman–Crippen LogP) is 3.37. The second kappa shape index (κ2) is 10.4. The molecule has 0 saturated heterocycles. The van der Waals surface area contributed by atoms with Crippen LogP contribution in [0.5, 0.6) is 5.75 Å². The van der Waals surface area contributed by atoms with Gasteiger partial charge >= 0.3 is 5.97 Å². The number of esters is 1. The van der Waals surface area contributed by atoms with E-state index in [4.69, 9.17) is 9.47 Å². The smallest absolute Gasteiger partial charge is 0.344 e. The van der Waals surface area contributed by atoms with E-state index in [-0.39, 0.29) is 18.3 Å². The lowest BCUT2D eigenvalue weighted by atomic mass is 10.1. The first kappa shape index (κ1) is 22.2. The average Bonchev–Trinajstić information content (AvgIpc) is 2.70. The Morgan fingerprint density at radius 1 is 0.931 bits per heavy atom. The maximum absolute atomic E-state index is 12.3. The van der Waals surface area contributed by atoms with Gasteiger partial charge in [0.25, 0.3) is 0 Å². The summed E-state index contributed by atoms with van der Waals surface area (Å²) in [5, 5.41) is 2.67. The van der Waals surface area contributed by atoms with E-state index in [1.807, 2.05) is 6.26 Å². The monoisotopic (exact) mass is 415 g/mol. The fraction of sp³-hybridized carbons (Fsp3) is 0.238. The summed E-state index contributed by atoms with van der Waals surface area (Å²) in [6, 6.07) is 11.2. The van der Waals surface area contributed by atoms with Gasteiger partial charge in [0.2, 0.25) is 5.91 Å². The van der Waals surface area contributed by atoms with E-state index >= 15 is 0 Å². The van der Waals surface area contributed by atoms with Crippen molar-refractivity contribution in [3.05, 3.63) is 53.6 Å². The number of ketones is 2. The Hall–Kier alpha value is -3.13. The van der Waals surface area contributed by atoms with Gasteiger partial charge in [-0.1, -0.05) is 6.07 Å². The largest absolute Gasteiger partial charge is 0.482 e. The summed E-state index contributed by atoms with van der Waals surface area (Å²) in [4.78, 5) is 47.5. The Bertz CT molecular complexity index is 923. The van der Waals surface area contributed by atoms with E-state index in [9.17, 15) is 19.2 Å². The summed E-state index contributed by atoms with van der Waals surface area (Å²) in [5.41, 5.74) is 1.39. The van der Waals surface area contributed by atoms with E-state index in [0.717, 1.165) is 4.90 Å². The van der Waals surface area contributed by atoms with Gasteiger partial charge in [0, 0.05) is 22.9 Å². The van der Waals surface area contributed by atoms with Crippen molar-refractivity contribution in [2.45, 2.75) is 18.7 Å². The van der Waals surface area contributed by atoms with Crippen LogP contribution in [-0.4, -0.2) is 42.9 Å². The number of hydrogen-bond acceptors (Lipinski definition) is 7. The average molecular weight is 415 g/mol. The van der Waals surface area contributed by atoms with E-state index in [0.29, 0.717) is 22.6 Å². The third-order valence-corrected chi connectivity index (χ3v) is 4.61. The van der Waals surface area contributed by atoms with Gasteiger partial charge in [0.05, 0.1) is 5.69 Å². The highest BCUT2D eigenvalue weighted by molar-refractivity contribution is 7.98. The molecule has 0 heterocycles. The molecule has 0 aliphatic heterocycles. The Morgan fingerprint density at radius 2 is 1.59 bits per heavy atom. The zero-order chi connectivity index (χ0) is 21.4. The Morgan fingerprint density at radius 3 is 2.17 bits per heavy atom. The van der Waals surface area contributed by atoms with Crippen molar-refractivity contribution in [1.82, 2.24) is 0 Å². The summed E-state index contributed by atoms with van der Waals surface area (Å²) in [7, 11) is 0. The highest BCUT2D eigenvalue weighted by atomic mass is 32.2. The predicted molar refractivity (Wildman–Crippen MR) is 110 cm³/mol. The topological polar surface area (TPSA) is 98.8 Å². The molecule has 0 atom stereocenters. The maximum atomic E-state index is 12.3. The minimum Gasteiger partial charge on any atom is -0.482 e. The fourth-order valence-corrected chi connectivity index (χ4v) is 2.90. The van der Waals surface area contributed by atoms with Crippen LogP contribution in [0.15, 0.2) is 47.4 Å². The van der Waals surface area contributed by atoms with Gasteiger partial charge in [-0.2, -0.15) is 0 Å². The van der Waals surface area contributed by atoms with Crippen LogP contribution in [0.1, 0.15) is 34.6 Å². The van der Waals surface area contributed by atoms with Crippen molar-refractivity contribution in [3.8, 4) is 5.75 Å². The number of benzene rings is 2. The van der Waals surface area contributed by atoms with Gasteiger partial charge in [-0.15, -0.1) is 11.8 Å². The number of ether oxygens (including phenoxy) is 2. The van der Waals surface area contributed by atoms with Crippen LogP contribution in [0.2, 0.25) is 0 Å². The first-order valence-corrected chi connectivity index (χ1v) is 9.91. The van der Waals surface area contributed by atoms with Gasteiger partial charge in [-0.3, -0.25) is 14.4 Å². The van der Waals surface area contributed by atoms with E-state index in [2.05, 4.69) is 5.32 Å². The standard InChI is InChI=1S/C21H21NO6S/c1-13(23)15-4-7-17(8-5-15)27-12-21(26)28-11-19(25)16-6-9-20(29-3)18(10-16)22-14(2)24/h4-10H,11-12H2,1-3H3,(H,22,24). The van der Waals surface area contributed by atoms with Gasteiger partial charge in [-0.25, -0.2) is 4.79 Å². The first-order chi connectivity index (χ1) is 13.8. The molecule has 0 bridgehead atoms. The van der Waals surface area contributed by atoms with Crippen molar-refractivity contribution < 1.29 is 28.7 Å². The SMILES string of the molecule is CSc1ccc(C(=O)COC(=O)COc2ccc(C(C)=O)cc2)cc1NC(C)=O. The number of amides is 1. The molecule has 2 rings (SSSR count). The molecule has 0 aromatic heterocycles. The highest BCUT2D eigenvalue weighted by Crippen LogP contribution is 2.26. The molecule has 0 radical (unpaired) electrons. The Labute approximate surface area is 172 Å². The van der Waals surface area contributed by atoms with Crippen LogP contribution in [0.4, 0.5) is 5.69 Å². The molecule has 0 aliphatic rings. The lowest BCUT2D eigenvalue weighted by molar-refractivity contribution is -0.144. The van der Waals surface area contributed by atoms with Gasteiger partial charge in [-0.05, 0) is 49.6 Å². The Kier molecular flexibility index (Phi) is 7.97. The number of nitrogens with one attached hydrogen (secondary N) is 1. The molecule has 29 heavy (non-hydrogen) atoms. The van der Waals surface area contributed by atoms with Crippen LogP contribution in [0.25, 0.3) is 0 Å². The summed E-state index contributed by atoms with van der Waals surface area (Å²) in [5.74, 6) is -1.00. The van der Waals surface area contributed by atoms with Crippen LogP contribution >= 0.6 is 11.8 Å². The molecular formula is C21H21NO6S. The van der Waals surface area contributed by atoms with Gasteiger partial charge < -0.3 is 14.8 Å². The maximum Gasteiger partial charge on any atom is 0.344 e. The molecule has 0 aliphatic carbocycles. The van der Waals surface area contributed by atoms with Crippen LogP contribution in [0.3, 0.4) is 0 Å². The number of hydrogen-bond donors (Lipinski definition) is 1. The van der Waals surface area contributed by atoms with Gasteiger partial charge in [0.15, 0.2) is 24.8 Å². The number of carbonyl (C=O) groups is 4. The zero-order valence-corrected chi connectivity index (χ0v) is 17.1. The van der Waals surface area contributed by atoms with E-state index in [1.54, 1.807) is 42.5 Å². The lowest BCUT2D eigenvalue weighted by Crippen LogP contribution is -2.19. The summed E-state index contributed by atoms with van der Waals surface area (Å²) in [6.07, 6.45) is 1.86. The van der Waals surface area contributed by atoms with Crippen LogP contribution in [-0.2, 0) is 14.3 Å². The normalized spacial score (nSPS) is 10.2. The number of anilines is 1. The van der Waals surface area contributed by atoms with E-state index in [1.165, 1.54) is 25.6 Å². The molecule has 8 heteroatoms. The minimum atomic E-state index is -0.697. The molecular weight excluding hydrogens is 394 g/mol. The number of thioether (sulfide) groups is 1. The molecule has 7 nitrogen and oxygen atoms in total. The van der Waals surface area contributed by atoms with Crippen molar-refractivity contribution >= 4 is 40.9 Å². The second-order valence-corrected chi connectivity index (χ2v) is 6.90. The van der Waals surface area contributed by atoms with Crippen molar-refractivity contribution in [1.29, 1.82) is 0 Å². The minimum absolute atomic E-state index is 0.0679. The van der Waals surface area contributed by atoms with Crippen LogP contribution < -0.4 is 10.1 Å². The molecule has 1 amide bonds. The van der Waals surface area contributed by atoms with Gasteiger partial charge in [0.1, 0.15) is 5.75 Å². The molecule has 0 saturated carbocycles. The molecule has 0 unspecified atom stereocenters. The zero-order valence-electron chi connectivity index (χ0n) is 16.3. The molecule has 2 aromatic carbocycles. The summed E-state index contributed by atoms with van der Waals surface area (Å²) >= 11 is 1.44. The number of Topliss-reactive ketones (excluding diaryl/α,β-unsaturated/α-hetero) is 2. The number of rotatable bonds is 9. The Balaban J connectivity index is 1.88. The second-order valence-electron chi connectivity index (χ2n) is 6.05. The van der Waals surface area contributed by atoms with Crippen molar-refractivity contribution in [2.75, 3.05) is 24.8 Å². The molecule has 152 valence electrons. The highest BCUT2D eigenvalue weighted by Gasteiger charge is 2.13. The quantitative estimate of drug-likeness (QED) is 0.381. The fourth-order valence-electron chi connectivity index (χ4n) is 2.37. The third-order valence-electron chi connectivity index (χ3n) is 3.81.